The van der Waals surface area contributed by atoms with Crippen LogP contribution in [-0.4, -0.2) is 10.1 Å². The van der Waals surface area contributed by atoms with E-state index >= 15 is 0 Å². The first-order valence-electron chi connectivity index (χ1n) is 9.00. The summed E-state index contributed by atoms with van der Waals surface area (Å²) < 4.78 is 0. The Morgan fingerprint density at radius 1 is 0.731 bits per heavy atom. The Morgan fingerprint density at radius 2 is 1.31 bits per heavy atom. The first-order chi connectivity index (χ1) is 12.6. The van der Waals surface area contributed by atoms with Gasteiger partial charge in [-0.15, -0.1) is 0 Å². The lowest BCUT2D eigenvalue weighted by Gasteiger charge is -2.24. The quantitative estimate of drug-likeness (QED) is 0.494. The van der Waals surface area contributed by atoms with E-state index in [4.69, 9.17) is 0 Å². The normalized spacial score (nSPS) is 13.7. The minimum atomic E-state index is -0.613. The third-order valence-corrected chi connectivity index (χ3v) is 5.13. The van der Waals surface area contributed by atoms with Crippen molar-refractivity contribution >= 4 is 10.9 Å². The number of benzene rings is 3. The van der Waals surface area contributed by atoms with E-state index in [1.54, 1.807) is 0 Å². The van der Waals surface area contributed by atoms with Crippen LogP contribution < -0.4 is 0 Å². The van der Waals surface area contributed by atoms with Crippen LogP contribution in [0.2, 0.25) is 0 Å². The number of H-pyrrole nitrogens is 1. The molecule has 0 bridgehead atoms. The van der Waals surface area contributed by atoms with Crippen molar-refractivity contribution in [1.29, 1.82) is 0 Å². The second-order valence-electron chi connectivity index (χ2n) is 7.03. The van der Waals surface area contributed by atoms with Crippen molar-refractivity contribution in [2.45, 2.75) is 25.9 Å². The summed E-state index contributed by atoms with van der Waals surface area (Å²) in [6.45, 7) is 4.15. The maximum absolute atomic E-state index is 11.3. The van der Waals surface area contributed by atoms with Gasteiger partial charge in [-0.1, -0.05) is 77.9 Å². The highest BCUT2D eigenvalue weighted by Gasteiger charge is 2.27. The van der Waals surface area contributed by atoms with Gasteiger partial charge in [-0.3, -0.25) is 0 Å². The first kappa shape index (κ1) is 16.6. The Bertz CT molecular complexity index is 1010. The molecule has 2 N–H and O–H groups in total. The molecule has 0 aliphatic heterocycles. The maximum atomic E-state index is 11.3. The molecule has 0 fully saturated rings. The van der Waals surface area contributed by atoms with Gasteiger partial charge in [0.1, 0.15) is 0 Å². The van der Waals surface area contributed by atoms with Crippen LogP contribution in [0.5, 0.6) is 0 Å². The molecule has 4 aromatic rings. The van der Waals surface area contributed by atoms with Gasteiger partial charge >= 0.3 is 0 Å². The van der Waals surface area contributed by atoms with Crippen LogP contribution in [-0.2, 0) is 0 Å². The fourth-order valence-corrected chi connectivity index (χ4v) is 3.61. The lowest BCUT2D eigenvalue weighted by molar-refractivity contribution is 0.159. The number of para-hydroxylation sites is 1. The number of fused-ring (bicyclic) bond motifs is 1. The molecule has 4 rings (SSSR count). The molecule has 2 nitrogen and oxygen atoms in total. The minimum absolute atomic E-state index is 0.130. The summed E-state index contributed by atoms with van der Waals surface area (Å²) in [5.74, 6) is -0.130. The third-order valence-electron chi connectivity index (χ3n) is 5.13. The predicted molar refractivity (Wildman–Crippen MR) is 107 cm³/mol. The molecule has 130 valence electrons. The summed E-state index contributed by atoms with van der Waals surface area (Å²) in [4.78, 5) is 3.35. The zero-order chi connectivity index (χ0) is 18.1. The predicted octanol–water partition coefficient (Wildman–Crippen LogP) is 5.65. The Kier molecular flexibility index (Phi) is 4.36. The van der Waals surface area contributed by atoms with Crippen LogP contribution in [0.25, 0.3) is 10.9 Å². The molecule has 0 aliphatic carbocycles. The number of hydrogen-bond donors (Lipinski definition) is 2. The number of rotatable bonds is 4. The summed E-state index contributed by atoms with van der Waals surface area (Å²) in [5, 5.41) is 12.5. The molecule has 3 aromatic carbocycles. The number of aliphatic hydroxyl groups excluding tert-OH is 1. The van der Waals surface area contributed by atoms with E-state index in [2.05, 4.69) is 67.4 Å². The first-order valence-corrected chi connectivity index (χ1v) is 9.00. The summed E-state index contributed by atoms with van der Waals surface area (Å²) in [7, 11) is 0. The Labute approximate surface area is 154 Å². The van der Waals surface area contributed by atoms with Gasteiger partial charge in [-0.05, 0) is 36.6 Å². The van der Waals surface area contributed by atoms with Gasteiger partial charge in [0.15, 0.2) is 0 Å². The number of nitrogens with one attached hydrogen (secondary N) is 1. The van der Waals surface area contributed by atoms with Crippen LogP contribution in [0, 0.1) is 13.8 Å². The van der Waals surface area contributed by atoms with Gasteiger partial charge < -0.3 is 10.1 Å². The van der Waals surface area contributed by atoms with Crippen LogP contribution in [0.1, 0.15) is 39.8 Å². The SMILES string of the molecule is Cc1ccc([C@H](c2c[nH]c3ccccc23)[C@@H](O)c2ccc(C)cc2)cc1. The van der Waals surface area contributed by atoms with E-state index < -0.39 is 6.10 Å². The summed E-state index contributed by atoms with van der Waals surface area (Å²) >= 11 is 0. The standard InChI is InChI=1S/C24H23NO/c1-16-7-11-18(12-8-16)23(24(26)19-13-9-17(2)10-14-19)21-15-25-22-6-4-3-5-20(21)22/h3-15,23-26H,1-2H3/t23-,24+/m1/s1. The van der Waals surface area contributed by atoms with E-state index in [-0.39, 0.29) is 5.92 Å². The number of aromatic amines is 1. The second-order valence-corrected chi connectivity index (χ2v) is 7.03. The molecule has 2 atom stereocenters. The van der Waals surface area contributed by atoms with Gasteiger partial charge in [0, 0.05) is 23.0 Å². The molecule has 0 spiro atoms. The Morgan fingerprint density at radius 3 is 1.96 bits per heavy atom. The number of hydrogen-bond acceptors (Lipinski definition) is 1. The van der Waals surface area contributed by atoms with Crippen molar-refractivity contribution in [2.75, 3.05) is 0 Å². The fraction of sp³-hybridized carbons (Fsp3) is 0.167. The van der Waals surface area contributed by atoms with Crippen LogP contribution in [0.3, 0.4) is 0 Å². The van der Waals surface area contributed by atoms with Crippen molar-refractivity contribution in [3.05, 3.63) is 107 Å². The average Bonchev–Trinajstić information content (AvgIpc) is 3.08. The summed E-state index contributed by atoms with van der Waals surface area (Å²) in [5.41, 5.74) is 6.68. The van der Waals surface area contributed by atoms with Crippen molar-refractivity contribution in [3.63, 3.8) is 0 Å². The van der Waals surface area contributed by atoms with Gasteiger partial charge in [0.25, 0.3) is 0 Å². The molecule has 0 aliphatic rings. The largest absolute Gasteiger partial charge is 0.387 e. The highest BCUT2D eigenvalue weighted by atomic mass is 16.3. The molecule has 1 heterocycles. The molecular formula is C24H23NO. The van der Waals surface area contributed by atoms with Crippen molar-refractivity contribution in [3.8, 4) is 0 Å². The highest BCUT2D eigenvalue weighted by molar-refractivity contribution is 5.84. The van der Waals surface area contributed by atoms with Gasteiger partial charge in [-0.2, -0.15) is 0 Å². The Balaban J connectivity index is 1.86. The third kappa shape index (κ3) is 3.04. The smallest absolute Gasteiger partial charge is 0.0899 e. The maximum Gasteiger partial charge on any atom is 0.0899 e. The molecule has 2 heteroatoms. The van der Waals surface area contributed by atoms with Crippen LogP contribution >= 0.6 is 0 Å². The van der Waals surface area contributed by atoms with Gasteiger partial charge in [0.05, 0.1) is 6.10 Å². The minimum Gasteiger partial charge on any atom is -0.387 e. The average molecular weight is 341 g/mol. The molecule has 26 heavy (non-hydrogen) atoms. The molecule has 0 saturated carbocycles. The van der Waals surface area contributed by atoms with Crippen molar-refractivity contribution in [2.24, 2.45) is 0 Å². The van der Waals surface area contributed by atoms with E-state index in [1.807, 2.05) is 30.5 Å². The highest BCUT2D eigenvalue weighted by Crippen LogP contribution is 2.40. The van der Waals surface area contributed by atoms with Gasteiger partial charge in [-0.25, -0.2) is 0 Å². The summed E-state index contributed by atoms with van der Waals surface area (Å²) in [6, 6.07) is 24.9. The number of aliphatic hydroxyl groups is 1. The molecule has 0 amide bonds. The number of aryl methyl sites for hydroxylation is 2. The lowest BCUT2D eigenvalue weighted by atomic mass is 9.83. The fourth-order valence-electron chi connectivity index (χ4n) is 3.61. The van der Waals surface area contributed by atoms with Crippen LogP contribution in [0.15, 0.2) is 79.0 Å². The molecule has 0 unspecified atom stereocenters. The molecule has 1 aromatic heterocycles. The number of aromatic nitrogens is 1. The monoisotopic (exact) mass is 341 g/mol. The molecule has 0 saturated heterocycles. The molecular weight excluding hydrogens is 318 g/mol. The lowest BCUT2D eigenvalue weighted by Crippen LogP contribution is -2.12. The van der Waals surface area contributed by atoms with E-state index in [0.717, 1.165) is 27.6 Å². The van der Waals surface area contributed by atoms with Crippen molar-refractivity contribution in [1.82, 2.24) is 4.98 Å². The second kappa shape index (κ2) is 6.81. The van der Waals surface area contributed by atoms with Crippen LogP contribution in [0.4, 0.5) is 0 Å². The molecule has 0 radical (unpaired) electrons. The van der Waals surface area contributed by atoms with Gasteiger partial charge in [0.2, 0.25) is 0 Å². The topological polar surface area (TPSA) is 36.0 Å². The van der Waals surface area contributed by atoms with E-state index in [0.29, 0.717) is 0 Å². The Hall–Kier alpha value is -2.84. The van der Waals surface area contributed by atoms with E-state index in [1.165, 1.54) is 11.1 Å². The van der Waals surface area contributed by atoms with Crippen molar-refractivity contribution < 1.29 is 5.11 Å². The van der Waals surface area contributed by atoms with E-state index in [9.17, 15) is 5.11 Å². The zero-order valence-corrected chi connectivity index (χ0v) is 15.1. The summed E-state index contributed by atoms with van der Waals surface area (Å²) in [6.07, 6.45) is 1.42. The zero-order valence-electron chi connectivity index (χ0n) is 15.1.